The summed E-state index contributed by atoms with van der Waals surface area (Å²) in [6.07, 6.45) is -4.43. The lowest BCUT2D eigenvalue weighted by Crippen LogP contribution is -2.49. The highest BCUT2D eigenvalue weighted by atomic mass is 32.2. The molecule has 0 unspecified atom stereocenters. The lowest BCUT2D eigenvalue weighted by molar-refractivity contribution is -0.137. The van der Waals surface area contributed by atoms with Crippen LogP contribution in [0.3, 0.4) is 0 Å². The largest absolute Gasteiger partial charge is 0.443 e. The first kappa shape index (κ1) is 25.8. The number of carbonyl (C=O) groups is 1. The fourth-order valence-electron chi connectivity index (χ4n) is 4.29. The molecule has 4 aromatic rings. The minimum atomic E-state index is -4.46. The zero-order valence-corrected chi connectivity index (χ0v) is 20.4. The molecular weight excluding hydrogens is 525 g/mol. The second-order valence-corrected chi connectivity index (χ2v) is 10.5. The summed E-state index contributed by atoms with van der Waals surface area (Å²) in [6.45, 7) is -0.207. The van der Waals surface area contributed by atoms with Gasteiger partial charge < -0.3 is 14.8 Å². The molecule has 38 heavy (non-hydrogen) atoms. The third-order valence-electron chi connectivity index (χ3n) is 6.23. The summed E-state index contributed by atoms with van der Waals surface area (Å²) in [5.41, 5.74) is 0.678. The van der Waals surface area contributed by atoms with Crippen LogP contribution in [0.25, 0.3) is 22.2 Å². The molecule has 0 saturated carbocycles. The van der Waals surface area contributed by atoms with E-state index in [0.717, 1.165) is 16.4 Å². The van der Waals surface area contributed by atoms with Gasteiger partial charge in [0.25, 0.3) is 10.0 Å². The van der Waals surface area contributed by atoms with Gasteiger partial charge >= 0.3 is 6.18 Å². The molecule has 1 saturated heterocycles. The monoisotopic (exact) mass is 546 g/mol. The van der Waals surface area contributed by atoms with Crippen LogP contribution in [-0.2, 0) is 27.5 Å². The van der Waals surface area contributed by atoms with Crippen molar-refractivity contribution in [1.82, 2.24) is 19.6 Å². The SMILES string of the molecule is O=C(NCc1cc(-c2ccc(C(F)(F)F)cc2)ncn1)[C@@H]1[C@@H](O)CCN1S(=O)(=O)c1cc2ccccc2o1. The fourth-order valence-corrected chi connectivity index (χ4v) is 5.87. The molecule has 9 nitrogen and oxygen atoms in total. The number of hydrogen-bond acceptors (Lipinski definition) is 7. The number of alkyl halides is 3. The Morgan fingerprint density at radius 1 is 1.11 bits per heavy atom. The van der Waals surface area contributed by atoms with Crippen molar-refractivity contribution in [1.29, 1.82) is 0 Å². The molecule has 1 fully saturated rings. The van der Waals surface area contributed by atoms with Crippen molar-refractivity contribution < 1.29 is 35.9 Å². The van der Waals surface area contributed by atoms with E-state index in [1.54, 1.807) is 24.3 Å². The number of nitrogens with zero attached hydrogens (tertiary/aromatic N) is 3. The first-order valence-corrected chi connectivity index (χ1v) is 12.9. The summed E-state index contributed by atoms with van der Waals surface area (Å²) < 4.78 is 71.5. The molecule has 0 aliphatic carbocycles. The van der Waals surface area contributed by atoms with Gasteiger partial charge in [-0.25, -0.2) is 18.4 Å². The number of aromatic nitrogens is 2. The van der Waals surface area contributed by atoms with Crippen molar-refractivity contribution >= 4 is 26.9 Å². The van der Waals surface area contributed by atoms with Crippen LogP contribution in [0.4, 0.5) is 13.2 Å². The minimum absolute atomic E-state index is 0.0587. The topological polar surface area (TPSA) is 126 Å². The number of hydrogen-bond donors (Lipinski definition) is 2. The van der Waals surface area contributed by atoms with Crippen LogP contribution in [-0.4, -0.2) is 52.4 Å². The number of carbonyl (C=O) groups excluding carboxylic acids is 1. The third-order valence-corrected chi connectivity index (χ3v) is 7.97. The normalized spacial score (nSPS) is 18.6. The molecule has 1 aliphatic heterocycles. The molecule has 0 spiro atoms. The number of rotatable bonds is 6. The molecule has 198 valence electrons. The second kappa shape index (κ2) is 9.82. The Hall–Kier alpha value is -3.81. The molecule has 0 radical (unpaired) electrons. The number of nitrogens with one attached hydrogen (secondary N) is 1. The number of furan rings is 1. The van der Waals surface area contributed by atoms with Crippen LogP contribution >= 0.6 is 0 Å². The average Bonchev–Trinajstić information content (AvgIpc) is 3.52. The van der Waals surface area contributed by atoms with Crippen molar-refractivity contribution in [2.45, 2.75) is 36.4 Å². The van der Waals surface area contributed by atoms with E-state index in [1.165, 1.54) is 30.6 Å². The number of amides is 1. The summed E-state index contributed by atoms with van der Waals surface area (Å²) in [4.78, 5) is 21.2. The first-order valence-electron chi connectivity index (χ1n) is 11.5. The number of halogens is 3. The van der Waals surface area contributed by atoms with Gasteiger partial charge in [0.1, 0.15) is 18.0 Å². The summed E-state index contributed by atoms with van der Waals surface area (Å²) >= 11 is 0. The lowest BCUT2D eigenvalue weighted by atomic mass is 10.1. The molecule has 2 aromatic heterocycles. The number of fused-ring (bicyclic) bond motifs is 1. The Kier molecular flexibility index (Phi) is 6.67. The van der Waals surface area contributed by atoms with E-state index in [-0.39, 0.29) is 24.6 Å². The Labute approximate surface area is 215 Å². The van der Waals surface area contributed by atoms with Crippen molar-refractivity contribution in [2.24, 2.45) is 0 Å². The maximum atomic E-state index is 13.3. The van der Waals surface area contributed by atoms with Crippen molar-refractivity contribution in [3.05, 3.63) is 78.2 Å². The van der Waals surface area contributed by atoms with Crippen molar-refractivity contribution in [3.8, 4) is 11.3 Å². The number of sulfonamides is 1. The van der Waals surface area contributed by atoms with E-state index >= 15 is 0 Å². The Morgan fingerprint density at radius 3 is 2.55 bits per heavy atom. The molecule has 2 N–H and O–H groups in total. The van der Waals surface area contributed by atoms with E-state index in [2.05, 4.69) is 15.3 Å². The standard InChI is InChI=1S/C25H21F3N4O5S/c26-25(27,28)17-7-5-15(6-8-17)19-12-18(30-14-31-19)13-29-24(34)23-20(33)9-10-32(23)38(35,36)22-11-16-3-1-2-4-21(16)37-22/h1-8,11-12,14,20,23,33H,9-10,13H2,(H,29,34)/t20-,23-/m0/s1. The van der Waals surface area contributed by atoms with Crippen LogP contribution in [0.5, 0.6) is 0 Å². The van der Waals surface area contributed by atoms with Gasteiger partial charge in [-0.05, 0) is 30.7 Å². The summed E-state index contributed by atoms with van der Waals surface area (Å²) in [5.74, 6) is -0.732. The highest BCUT2D eigenvalue weighted by Crippen LogP contribution is 2.32. The van der Waals surface area contributed by atoms with E-state index in [0.29, 0.717) is 27.9 Å². The number of benzene rings is 2. The maximum Gasteiger partial charge on any atom is 0.416 e. The predicted octanol–water partition coefficient (Wildman–Crippen LogP) is 3.35. The Balaban J connectivity index is 1.31. The zero-order chi connectivity index (χ0) is 27.1. The molecule has 2 atom stereocenters. The van der Waals surface area contributed by atoms with Gasteiger partial charge in [0.2, 0.25) is 11.0 Å². The van der Waals surface area contributed by atoms with Gasteiger partial charge in [0, 0.05) is 23.6 Å². The van der Waals surface area contributed by atoms with Crippen molar-refractivity contribution in [3.63, 3.8) is 0 Å². The highest BCUT2D eigenvalue weighted by molar-refractivity contribution is 7.89. The Morgan fingerprint density at radius 2 is 1.84 bits per heavy atom. The smallest absolute Gasteiger partial charge is 0.416 e. The van der Waals surface area contributed by atoms with Gasteiger partial charge in [0.15, 0.2) is 0 Å². The molecule has 3 heterocycles. The Bertz CT molecular complexity index is 1560. The lowest BCUT2D eigenvalue weighted by Gasteiger charge is -2.23. The predicted molar refractivity (Wildman–Crippen MR) is 129 cm³/mol. The van der Waals surface area contributed by atoms with E-state index < -0.39 is 39.8 Å². The van der Waals surface area contributed by atoms with Gasteiger partial charge in [-0.2, -0.15) is 17.5 Å². The summed E-state index contributed by atoms with van der Waals surface area (Å²) in [7, 11) is -4.23. The molecule has 5 rings (SSSR count). The molecule has 2 aromatic carbocycles. The second-order valence-electron chi connectivity index (χ2n) is 8.71. The molecule has 13 heteroatoms. The highest BCUT2D eigenvalue weighted by Gasteiger charge is 2.46. The van der Waals surface area contributed by atoms with Crippen LogP contribution < -0.4 is 5.32 Å². The molecular formula is C25H21F3N4O5S. The zero-order valence-electron chi connectivity index (χ0n) is 19.6. The number of aliphatic hydroxyl groups is 1. The fraction of sp³-hybridized carbons (Fsp3) is 0.240. The molecule has 0 bridgehead atoms. The van der Waals surface area contributed by atoms with Crippen molar-refractivity contribution in [2.75, 3.05) is 6.54 Å². The van der Waals surface area contributed by atoms with Gasteiger partial charge in [-0.15, -0.1) is 0 Å². The maximum absolute atomic E-state index is 13.3. The van der Waals surface area contributed by atoms with Crippen LogP contribution in [0.2, 0.25) is 0 Å². The van der Waals surface area contributed by atoms with Gasteiger partial charge in [-0.1, -0.05) is 30.3 Å². The first-order chi connectivity index (χ1) is 18.0. The van der Waals surface area contributed by atoms with E-state index in [1.807, 2.05) is 0 Å². The molecule has 1 aliphatic rings. The quantitative estimate of drug-likeness (QED) is 0.380. The summed E-state index contributed by atoms with van der Waals surface area (Å²) in [6, 6.07) is 12.7. The average molecular weight is 547 g/mol. The minimum Gasteiger partial charge on any atom is -0.443 e. The van der Waals surface area contributed by atoms with E-state index in [9.17, 15) is 31.5 Å². The van der Waals surface area contributed by atoms with Crippen LogP contribution in [0, 0.1) is 0 Å². The van der Waals surface area contributed by atoms with Gasteiger partial charge in [-0.3, -0.25) is 4.79 Å². The summed E-state index contributed by atoms with van der Waals surface area (Å²) in [5, 5.41) is 13.3. The molecule has 1 amide bonds. The number of aliphatic hydroxyl groups excluding tert-OH is 1. The van der Waals surface area contributed by atoms with Crippen LogP contribution in [0.1, 0.15) is 17.7 Å². The number of para-hydroxylation sites is 1. The van der Waals surface area contributed by atoms with E-state index in [4.69, 9.17) is 4.42 Å². The van der Waals surface area contributed by atoms with Gasteiger partial charge in [0.05, 0.1) is 29.6 Å². The van der Waals surface area contributed by atoms with Crippen LogP contribution in [0.15, 0.2) is 76.5 Å². The third kappa shape index (κ3) is 4.99.